The molecule has 0 saturated heterocycles. The maximum Gasteiger partial charge on any atom is 0.258 e. The van der Waals surface area contributed by atoms with Crippen molar-refractivity contribution in [3.8, 4) is 0 Å². The van der Waals surface area contributed by atoms with E-state index in [1.807, 2.05) is 45.0 Å². The van der Waals surface area contributed by atoms with Gasteiger partial charge in [-0.25, -0.2) is 4.90 Å². The monoisotopic (exact) mass is 241 g/mol. The number of hydrogen-bond donors (Lipinski definition) is 0. The van der Waals surface area contributed by atoms with Crippen molar-refractivity contribution in [1.82, 2.24) is 0 Å². The lowest BCUT2D eigenvalue weighted by Gasteiger charge is -2.17. The van der Waals surface area contributed by atoms with Gasteiger partial charge in [0.1, 0.15) is 0 Å². The summed E-state index contributed by atoms with van der Waals surface area (Å²) >= 11 is 0. The van der Waals surface area contributed by atoms with Crippen LogP contribution in [0.25, 0.3) is 5.57 Å². The van der Waals surface area contributed by atoms with Gasteiger partial charge in [-0.2, -0.15) is 0 Å². The van der Waals surface area contributed by atoms with Crippen molar-refractivity contribution in [2.45, 2.75) is 20.8 Å². The Morgan fingerprint density at radius 1 is 1.17 bits per heavy atom. The van der Waals surface area contributed by atoms with E-state index in [1.165, 1.54) is 22.6 Å². The van der Waals surface area contributed by atoms with Crippen molar-refractivity contribution in [2.24, 2.45) is 0 Å². The molecule has 0 radical (unpaired) electrons. The highest BCUT2D eigenvalue weighted by molar-refractivity contribution is 6.28. The molecule has 1 aliphatic heterocycles. The van der Waals surface area contributed by atoms with Gasteiger partial charge in [0.05, 0.1) is 5.69 Å². The normalized spacial score (nSPS) is 15.7. The van der Waals surface area contributed by atoms with E-state index in [0.717, 1.165) is 11.1 Å². The number of aryl methyl sites for hydroxylation is 1. The predicted octanol–water partition coefficient (Wildman–Crippen LogP) is 2.85. The summed E-state index contributed by atoms with van der Waals surface area (Å²) in [4.78, 5) is 24.4. The summed E-state index contributed by atoms with van der Waals surface area (Å²) in [6.07, 6.45) is 4.63. The van der Waals surface area contributed by atoms with Crippen LogP contribution in [0.15, 0.2) is 36.4 Å². The molecule has 92 valence electrons. The van der Waals surface area contributed by atoms with Gasteiger partial charge in [-0.3, -0.25) is 9.59 Å². The number of carbonyl (C=O) groups is 2. The minimum absolute atomic E-state index is 0.279. The molecule has 1 aliphatic rings. The molecule has 2 rings (SSSR count). The molecule has 0 spiro atoms. The quantitative estimate of drug-likeness (QED) is 0.747. The van der Waals surface area contributed by atoms with E-state index in [0.29, 0.717) is 5.69 Å². The van der Waals surface area contributed by atoms with E-state index < -0.39 is 0 Å². The van der Waals surface area contributed by atoms with Gasteiger partial charge in [0.2, 0.25) is 0 Å². The van der Waals surface area contributed by atoms with Crippen molar-refractivity contribution < 1.29 is 9.59 Å². The first-order valence-electron chi connectivity index (χ1n) is 5.84. The maximum absolute atomic E-state index is 11.6. The van der Waals surface area contributed by atoms with Crippen molar-refractivity contribution in [1.29, 1.82) is 0 Å². The molecule has 0 aromatic heterocycles. The van der Waals surface area contributed by atoms with Crippen molar-refractivity contribution in [3.05, 3.63) is 47.6 Å². The minimum atomic E-state index is -0.279. The molecular weight excluding hydrogens is 226 g/mol. The highest BCUT2D eigenvalue weighted by Crippen LogP contribution is 2.26. The summed E-state index contributed by atoms with van der Waals surface area (Å²) in [5, 5.41) is 0. The topological polar surface area (TPSA) is 37.4 Å². The average Bonchev–Trinajstić information content (AvgIpc) is 2.68. The average molecular weight is 241 g/mol. The summed E-state index contributed by atoms with van der Waals surface area (Å²) in [6, 6.07) is 5.74. The Morgan fingerprint density at radius 3 is 2.28 bits per heavy atom. The van der Waals surface area contributed by atoms with Crippen LogP contribution in [0.5, 0.6) is 0 Å². The van der Waals surface area contributed by atoms with E-state index in [1.54, 1.807) is 0 Å². The molecule has 18 heavy (non-hydrogen) atoms. The highest BCUT2D eigenvalue weighted by Gasteiger charge is 2.26. The van der Waals surface area contributed by atoms with E-state index >= 15 is 0 Å². The van der Waals surface area contributed by atoms with Crippen LogP contribution in [0, 0.1) is 6.92 Å². The van der Waals surface area contributed by atoms with Crippen LogP contribution >= 0.6 is 0 Å². The van der Waals surface area contributed by atoms with Crippen molar-refractivity contribution >= 4 is 23.1 Å². The lowest BCUT2D eigenvalue weighted by Crippen LogP contribution is -2.30. The van der Waals surface area contributed by atoms with Gasteiger partial charge in [-0.15, -0.1) is 0 Å². The molecule has 0 fully saturated rings. The van der Waals surface area contributed by atoms with E-state index in [4.69, 9.17) is 0 Å². The fourth-order valence-corrected chi connectivity index (χ4v) is 1.96. The van der Waals surface area contributed by atoms with Crippen LogP contribution in [0.4, 0.5) is 5.69 Å². The Kier molecular flexibility index (Phi) is 3.15. The molecule has 0 atom stereocenters. The van der Waals surface area contributed by atoms with Crippen LogP contribution in [0.1, 0.15) is 25.0 Å². The minimum Gasteiger partial charge on any atom is -0.269 e. The largest absolute Gasteiger partial charge is 0.269 e. The summed E-state index contributed by atoms with van der Waals surface area (Å²) in [5.74, 6) is -0.558. The second-order valence-electron chi connectivity index (χ2n) is 4.32. The molecule has 3 heteroatoms. The molecule has 0 aliphatic carbocycles. The predicted molar refractivity (Wildman–Crippen MR) is 72.1 cm³/mol. The number of carbonyl (C=O) groups excluding carboxylic acids is 2. The second-order valence-corrected chi connectivity index (χ2v) is 4.32. The molecule has 3 nitrogen and oxygen atoms in total. The fourth-order valence-electron chi connectivity index (χ4n) is 1.96. The zero-order chi connectivity index (χ0) is 13.3. The summed E-state index contributed by atoms with van der Waals surface area (Å²) in [6.45, 7) is 5.92. The van der Waals surface area contributed by atoms with E-state index in [2.05, 4.69) is 0 Å². The number of nitrogens with zero attached hydrogens (tertiary/aromatic N) is 1. The molecule has 0 unspecified atom stereocenters. The highest BCUT2D eigenvalue weighted by atomic mass is 16.2. The third-order valence-electron chi connectivity index (χ3n) is 3.14. The van der Waals surface area contributed by atoms with Gasteiger partial charge in [0, 0.05) is 12.2 Å². The molecule has 1 aromatic rings. The van der Waals surface area contributed by atoms with Crippen LogP contribution in [-0.2, 0) is 9.59 Å². The van der Waals surface area contributed by atoms with Gasteiger partial charge in [0.15, 0.2) is 0 Å². The molecule has 0 N–H and O–H groups in total. The fraction of sp³-hybridized carbons (Fsp3) is 0.200. The standard InChI is InChI=1S/C15H15NO2/c1-4-10(2)12-5-6-13(11(3)9-12)16-14(17)7-8-15(16)18/h4-9H,1-3H3. The van der Waals surface area contributed by atoms with Crippen LogP contribution in [0.2, 0.25) is 0 Å². The Labute approximate surface area is 106 Å². The summed E-state index contributed by atoms with van der Waals surface area (Å²) in [5.41, 5.74) is 3.84. The van der Waals surface area contributed by atoms with Gasteiger partial charge in [0.25, 0.3) is 11.8 Å². The lowest BCUT2D eigenvalue weighted by atomic mass is 10.0. The first-order valence-corrected chi connectivity index (χ1v) is 5.84. The SMILES string of the molecule is CC=C(C)c1ccc(N2C(=O)C=CC2=O)c(C)c1. The number of amides is 2. The number of hydrogen-bond acceptors (Lipinski definition) is 2. The van der Waals surface area contributed by atoms with Gasteiger partial charge < -0.3 is 0 Å². The van der Waals surface area contributed by atoms with Gasteiger partial charge >= 0.3 is 0 Å². The molecule has 0 saturated carbocycles. The third kappa shape index (κ3) is 1.99. The number of anilines is 1. The summed E-state index contributed by atoms with van der Waals surface area (Å²) in [7, 11) is 0. The Morgan fingerprint density at radius 2 is 1.78 bits per heavy atom. The van der Waals surface area contributed by atoms with Crippen LogP contribution in [0.3, 0.4) is 0 Å². The second kappa shape index (κ2) is 4.61. The number of rotatable bonds is 2. The molecule has 2 amide bonds. The maximum atomic E-state index is 11.6. The number of benzene rings is 1. The number of imide groups is 1. The Balaban J connectivity index is 2.43. The van der Waals surface area contributed by atoms with Gasteiger partial charge in [-0.1, -0.05) is 12.1 Å². The molecular formula is C15H15NO2. The van der Waals surface area contributed by atoms with Crippen LogP contribution < -0.4 is 4.90 Å². The Bertz CT molecular complexity index is 564. The molecule has 0 bridgehead atoms. The van der Waals surface area contributed by atoms with Crippen molar-refractivity contribution in [2.75, 3.05) is 4.90 Å². The third-order valence-corrected chi connectivity index (χ3v) is 3.14. The first kappa shape index (κ1) is 12.3. The lowest BCUT2D eigenvalue weighted by molar-refractivity contribution is -0.119. The molecule has 1 heterocycles. The smallest absolute Gasteiger partial charge is 0.258 e. The van der Waals surface area contributed by atoms with E-state index in [9.17, 15) is 9.59 Å². The first-order chi connectivity index (χ1) is 8.54. The van der Waals surface area contributed by atoms with Crippen molar-refractivity contribution in [3.63, 3.8) is 0 Å². The zero-order valence-electron chi connectivity index (χ0n) is 10.7. The number of allylic oxidation sites excluding steroid dienone is 2. The van der Waals surface area contributed by atoms with Crippen LogP contribution in [-0.4, -0.2) is 11.8 Å². The van der Waals surface area contributed by atoms with E-state index in [-0.39, 0.29) is 11.8 Å². The van der Waals surface area contributed by atoms with Gasteiger partial charge in [-0.05, 0) is 49.6 Å². The zero-order valence-corrected chi connectivity index (χ0v) is 10.7. The molecule has 1 aromatic carbocycles. The summed E-state index contributed by atoms with van der Waals surface area (Å²) < 4.78 is 0. The Hall–Kier alpha value is -2.16.